The van der Waals surface area contributed by atoms with Crippen LogP contribution in [-0.4, -0.2) is 17.1 Å². The number of allylic oxidation sites excluding steroid dienone is 2. The lowest BCUT2D eigenvalue weighted by Crippen LogP contribution is -2.19. The predicted octanol–water partition coefficient (Wildman–Crippen LogP) is 3.93. The lowest BCUT2D eigenvalue weighted by molar-refractivity contribution is -0.116. The van der Waals surface area contributed by atoms with Crippen molar-refractivity contribution >= 4 is 23.4 Å². The van der Waals surface area contributed by atoms with Gasteiger partial charge in [0.2, 0.25) is 0 Å². The highest BCUT2D eigenvalue weighted by atomic mass is 16.3. The number of hydrogen-bond donors (Lipinski definition) is 2. The van der Waals surface area contributed by atoms with Crippen molar-refractivity contribution in [1.29, 1.82) is 0 Å². The molecule has 0 aliphatic heterocycles. The van der Waals surface area contributed by atoms with Crippen LogP contribution in [0.25, 0.3) is 0 Å². The number of hydrogen-bond acceptors (Lipinski definition) is 4. The van der Waals surface area contributed by atoms with E-state index in [1.54, 1.807) is 24.3 Å². The molecule has 0 spiro atoms. The zero-order chi connectivity index (χ0) is 16.2. The molecule has 1 aliphatic rings. The Bertz CT molecular complexity index is 762. The van der Waals surface area contributed by atoms with Crippen molar-refractivity contribution in [2.75, 3.05) is 5.73 Å². The molecule has 0 amide bonds. The van der Waals surface area contributed by atoms with E-state index in [-0.39, 0.29) is 17.5 Å². The lowest BCUT2D eigenvalue weighted by Gasteiger charge is -2.22. The maximum atomic E-state index is 12.3. The van der Waals surface area contributed by atoms with Gasteiger partial charge in [-0.25, -0.2) is 0 Å². The van der Waals surface area contributed by atoms with Crippen molar-refractivity contribution in [2.45, 2.75) is 18.8 Å². The second-order valence-corrected chi connectivity index (χ2v) is 5.65. The van der Waals surface area contributed by atoms with Crippen LogP contribution in [-0.2, 0) is 4.79 Å². The van der Waals surface area contributed by atoms with Gasteiger partial charge in [-0.05, 0) is 35.7 Å². The van der Waals surface area contributed by atoms with E-state index in [0.29, 0.717) is 29.8 Å². The maximum absolute atomic E-state index is 12.3. The predicted molar refractivity (Wildman–Crippen MR) is 92.1 cm³/mol. The van der Waals surface area contributed by atoms with Gasteiger partial charge in [0.25, 0.3) is 0 Å². The molecule has 1 unspecified atom stereocenters. The summed E-state index contributed by atoms with van der Waals surface area (Å²) >= 11 is 0. The number of aliphatic imine (C=N–C) groups is 1. The van der Waals surface area contributed by atoms with E-state index < -0.39 is 0 Å². The van der Waals surface area contributed by atoms with Crippen molar-refractivity contribution in [2.24, 2.45) is 4.99 Å². The Morgan fingerprint density at radius 2 is 1.74 bits per heavy atom. The molecule has 0 saturated carbocycles. The highest BCUT2D eigenvalue weighted by Gasteiger charge is 2.27. The fourth-order valence-corrected chi connectivity index (χ4v) is 2.72. The van der Waals surface area contributed by atoms with Crippen LogP contribution in [0.3, 0.4) is 0 Å². The summed E-state index contributed by atoms with van der Waals surface area (Å²) in [7, 11) is 0. The molecule has 2 aromatic carbocycles. The summed E-state index contributed by atoms with van der Waals surface area (Å²) in [6, 6.07) is 16.8. The smallest absolute Gasteiger partial charge is 0.168 e. The van der Waals surface area contributed by atoms with E-state index in [4.69, 9.17) is 5.73 Å². The van der Waals surface area contributed by atoms with Gasteiger partial charge < -0.3 is 10.8 Å². The molecule has 116 valence electrons. The summed E-state index contributed by atoms with van der Waals surface area (Å²) in [4.78, 5) is 16.6. The molecule has 0 aromatic heterocycles. The minimum Gasteiger partial charge on any atom is -0.511 e. The molecule has 4 nitrogen and oxygen atoms in total. The number of nitrogens with zero attached hydrogens (tertiary/aromatic N) is 1. The van der Waals surface area contributed by atoms with Crippen LogP contribution in [0.15, 0.2) is 70.9 Å². The Hall–Kier alpha value is -2.88. The van der Waals surface area contributed by atoms with Crippen LogP contribution in [0.1, 0.15) is 24.3 Å². The third-order valence-corrected chi connectivity index (χ3v) is 3.99. The number of aliphatic hydroxyl groups is 1. The Balaban J connectivity index is 1.80. The standard InChI is InChI=1S/C19H18N2O2/c20-15-6-8-16(9-7-15)21-12-17-18(22)10-14(11-19(17)23)13-4-2-1-3-5-13/h1-9,12,14,22H,10-11,20H2. The fourth-order valence-electron chi connectivity index (χ4n) is 2.72. The van der Waals surface area contributed by atoms with E-state index in [0.717, 1.165) is 5.56 Å². The molecule has 1 atom stereocenters. The van der Waals surface area contributed by atoms with Crippen molar-refractivity contribution in [3.8, 4) is 0 Å². The van der Waals surface area contributed by atoms with Gasteiger partial charge >= 0.3 is 0 Å². The van der Waals surface area contributed by atoms with E-state index in [2.05, 4.69) is 4.99 Å². The van der Waals surface area contributed by atoms with Gasteiger partial charge in [-0.2, -0.15) is 0 Å². The van der Waals surface area contributed by atoms with Gasteiger partial charge in [-0.15, -0.1) is 0 Å². The molecular formula is C19H18N2O2. The average Bonchev–Trinajstić information content (AvgIpc) is 2.56. The molecule has 2 aromatic rings. The van der Waals surface area contributed by atoms with Crippen LogP contribution in [0.5, 0.6) is 0 Å². The average molecular weight is 306 g/mol. The largest absolute Gasteiger partial charge is 0.511 e. The molecule has 0 saturated heterocycles. The van der Waals surface area contributed by atoms with Crippen molar-refractivity contribution in [1.82, 2.24) is 0 Å². The monoisotopic (exact) mass is 306 g/mol. The van der Waals surface area contributed by atoms with Crippen molar-refractivity contribution in [3.63, 3.8) is 0 Å². The molecule has 3 N–H and O–H groups in total. The summed E-state index contributed by atoms with van der Waals surface area (Å²) in [5.74, 6) is 0.0495. The molecule has 0 radical (unpaired) electrons. The van der Waals surface area contributed by atoms with Crippen LogP contribution in [0.2, 0.25) is 0 Å². The van der Waals surface area contributed by atoms with Crippen molar-refractivity contribution < 1.29 is 9.90 Å². The molecule has 23 heavy (non-hydrogen) atoms. The first-order valence-electron chi connectivity index (χ1n) is 7.53. The molecule has 0 fully saturated rings. The Labute approximate surface area is 135 Å². The summed E-state index contributed by atoms with van der Waals surface area (Å²) in [5.41, 5.74) is 8.35. The normalized spacial score (nSPS) is 18.6. The first-order chi connectivity index (χ1) is 11.1. The number of anilines is 1. The first-order valence-corrected chi connectivity index (χ1v) is 7.53. The number of ketones is 1. The Morgan fingerprint density at radius 1 is 1.04 bits per heavy atom. The van der Waals surface area contributed by atoms with Gasteiger partial charge in [-0.3, -0.25) is 9.79 Å². The van der Waals surface area contributed by atoms with E-state index in [1.165, 1.54) is 6.21 Å². The summed E-state index contributed by atoms with van der Waals surface area (Å²) in [5, 5.41) is 10.2. The number of carbonyl (C=O) groups is 1. The molecule has 4 heteroatoms. The highest BCUT2D eigenvalue weighted by molar-refractivity contribution is 6.15. The van der Waals surface area contributed by atoms with Crippen LogP contribution in [0.4, 0.5) is 11.4 Å². The molecule has 3 rings (SSSR count). The number of aliphatic hydroxyl groups excluding tert-OH is 1. The highest BCUT2D eigenvalue weighted by Crippen LogP contribution is 2.33. The van der Waals surface area contributed by atoms with Crippen LogP contribution < -0.4 is 5.73 Å². The number of benzene rings is 2. The van der Waals surface area contributed by atoms with E-state index in [9.17, 15) is 9.90 Å². The summed E-state index contributed by atoms with van der Waals surface area (Å²) < 4.78 is 0. The summed E-state index contributed by atoms with van der Waals surface area (Å²) in [6.45, 7) is 0. The van der Waals surface area contributed by atoms with Gasteiger partial charge in [-0.1, -0.05) is 30.3 Å². The quantitative estimate of drug-likeness (QED) is 0.666. The van der Waals surface area contributed by atoms with Crippen LogP contribution in [0, 0.1) is 0 Å². The minimum atomic E-state index is -0.0817. The van der Waals surface area contributed by atoms with E-state index in [1.807, 2.05) is 30.3 Å². The van der Waals surface area contributed by atoms with Gasteiger partial charge in [0.15, 0.2) is 5.78 Å². The topological polar surface area (TPSA) is 75.7 Å². The van der Waals surface area contributed by atoms with Gasteiger partial charge in [0.05, 0.1) is 11.3 Å². The van der Waals surface area contributed by atoms with Gasteiger partial charge in [0.1, 0.15) is 5.76 Å². The third kappa shape index (κ3) is 3.48. The van der Waals surface area contributed by atoms with Gasteiger partial charge in [0, 0.05) is 24.7 Å². The van der Waals surface area contributed by atoms with Crippen molar-refractivity contribution in [3.05, 3.63) is 71.5 Å². The number of carbonyl (C=O) groups excluding carboxylic acids is 1. The zero-order valence-corrected chi connectivity index (χ0v) is 12.6. The number of nitrogens with two attached hydrogens (primary N) is 1. The number of Topliss-reactive ketones (excluding diaryl/α,β-unsaturated/α-hetero) is 1. The SMILES string of the molecule is Nc1ccc(N=CC2=C(O)CC(c3ccccc3)CC2=O)cc1. The third-order valence-electron chi connectivity index (χ3n) is 3.99. The Kier molecular flexibility index (Phi) is 4.24. The maximum Gasteiger partial charge on any atom is 0.168 e. The minimum absolute atomic E-state index is 0.0253. The fraction of sp³-hybridized carbons (Fsp3) is 0.158. The second kappa shape index (κ2) is 6.48. The number of nitrogen functional groups attached to an aromatic ring is 1. The van der Waals surface area contributed by atoms with E-state index >= 15 is 0 Å². The summed E-state index contributed by atoms with van der Waals surface area (Å²) in [6.07, 6.45) is 2.29. The molecule has 0 heterocycles. The number of rotatable bonds is 3. The lowest BCUT2D eigenvalue weighted by atomic mass is 9.83. The molecular weight excluding hydrogens is 288 g/mol. The first kappa shape index (κ1) is 15.0. The van der Waals surface area contributed by atoms with Crippen LogP contribution >= 0.6 is 0 Å². The molecule has 1 aliphatic carbocycles. The molecule has 0 bridgehead atoms. The second-order valence-electron chi connectivity index (χ2n) is 5.65. The Morgan fingerprint density at radius 3 is 2.39 bits per heavy atom. The zero-order valence-electron chi connectivity index (χ0n) is 12.6.